The highest BCUT2D eigenvalue weighted by atomic mass is 35.5. The lowest BCUT2D eigenvalue weighted by molar-refractivity contribution is -0.384. The van der Waals surface area contributed by atoms with Crippen LogP contribution >= 0.6 is 11.6 Å². The minimum atomic E-state index is -0.461. The summed E-state index contributed by atoms with van der Waals surface area (Å²) in [4.78, 5) is 17.8. The van der Waals surface area contributed by atoms with Gasteiger partial charge in [-0.2, -0.15) is 9.97 Å². The van der Waals surface area contributed by atoms with Crippen LogP contribution in [0.4, 0.5) is 23.1 Å². The number of nitrogens with two attached hydrogens (primary N) is 2. The molecule has 1 aromatic carbocycles. The van der Waals surface area contributed by atoms with E-state index in [1.807, 2.05) is 0 Å². The lowest BCUT2D eigenvalue weighted by Gasteiger charge is -2.09. The van der Waals surface area contributed by atoms with Gasteiger partial charge in [-0.15, -0.1) is 0 Å². The summed E-state index contributed by atoms with van der Waals surface area (Å²) in [6, 6.07) is 6.20. The number of nitrogens with zero attached hydrogens (tertiary/aromatic N) is 3. The zero-order valence-corrected chi connectivity index (χ0v) is 11.0. The number of halogens is 1. The van der Waals surface area contributed by atoms with Crippen LogP contribution in [0.25, 0.3) is 0 Å². The number of benzene rings is 1. The Balaban J connectivity index is 2.17. The summed E-state index contributed by atoms with van der Waals surface area (Å²) >= 11 is 5.78. The summed E-state index contributed by atoms with van der Waals surface area (Å²) in [5, 5.41) is 13.6. The van der Waals surface area contributed by atoms with Gasteiger partial charge in [-0.05, 0) is 5.56 Å². The van der Waals surface area contributed by atoms with Crippen molar-refractivity contribution >= 4 is 34.7 Å². The fourth-order valence-electron chi connectivity index (χ4n) is 1.56. The monoisotopic (exact) mass is 294 g/mol. The van der Waals surface area contributed by atoms with E-state index < -0.39 is 4.92 Å². The zero-order chi connectivity index (χ0) is 14.7. The van der Waals surface area contributed by atoms with Crippen molar-refractivity contribution in [2.24, 2.45) is 0 Å². The van der Waals surface area contributed by atoms with E-state index in [0.717, 1.165) is 0 Å². The van der Waals surface area contributed by atoms with Crippen LogP contribution in [0.2, 0.25) is 5.15 Å². The number of hydrogen-bond acceptors (Lipinski definition) is 7. The van der Waals surface area contributed by atoms with E-state index in [2.05, 4.69) is 15.3 Å². The van der Waals surface area contributed by atoms with E-state index in [9.17, 15) is 10.1 Å². The maximum Gasteiger partial charge on any atom is 0.269 e. The lowest BCUT2D eigenvalue weighted by Crippen LogP contribution is -2.08. The average Bonchev–Trinajstić information content (AvgIpc) is 2.41. The number of nitro benzene ring substituents is 1. The van der Waals surface area contributed by atoms with Crippen LogP contribution in [0.3, 0.4) is 0 Å². The maximum atomic E-state index is 10.7. The van der Waals surface area contributed by atoms with Crippen LogP contribution < -0.4 is 16.8 Å². The molecule has 0 aliphatic carbocycles. The van der Waals surface area contributed by atoms with Gasteiger partial charge in [0.25, 0.3) is 5.69 Å². The van der Waals surface area contributed by atoms with Crippen LogP contribution in [0.1, 0.15) is 5.56 Å². The van der Waals surface area contributed by atoms with E-state index in [-0.39, 0.29) is 28.3 Å². The molecular weight excluding hydrogens is 284 g/mol. The van der Waals surface area contributed by atoms with Crippen LogP contribution in [0.5, 0.6) is 0 Å². The van der Waals surface area contributed by atoms with Gasteiger partial charge in [0.15, 0.2) is 11.0 Å². The average molecular weight is 295 g/mol. The SMILES string of the molecule is Nc1nc(Cl)c(N)c(NCc2cccc([N+](=O)[O-])c2)n1. The second-order valence-corrected chi connectivity index (χ2v) is 4.27. The number of nitro groups is 1. The van der Waals surface area contributed by atoms with E-state index in [4.69, 9.17) is 23.1 Å². The minimum Gasteiger partial charge on any atom is -0.393 e. The Kier molecular flexibility index (Phi) is 3.85. The predicted octanol–water partition coefficient (Wildman–Crippen LogP) is 1.81. The Hall–Kier alpha value is -2.61. The minimum absolute atomic E-state index is 0.00857. The number of anilines is 3. The van der Waals surface area contributed by atoms with Gasteiger partial charge in [0.1, 0.15) is 5.69 Å². The van der Waals surface area contributed by atoms with Gasteiger partial charge in [0, 0.05) is 18.7 Å². The summed E-state index contributed by atoms with van der Waals surface area (Å²) in [5.41, 5.74) is 12.1. The van der Waals surface area contributed by atoms with Gasteiger partial charge >= 0.3 is 0 Å². The fraction of sp³-hybridized carbons (Fsp3) is 0.0909. The second kappa shape index (κ2) is 5.57. The van der Waals surface area contributed by atoms with E-state index in [0.29, 0.717) is 12.1 Å². The van der Waals surface area contributed by atoms with Crippen LogP contribution in [-0.2, 0) is 6.54 Å². The Morgan fingerprint density at radius 2 is 2.10 bits per heavy atom. The first-order valence-corrected chi connectivity index (χ1v) is 5.91. The third-order valence-corrected chi connectivity index (χ3v) is 2.79. The molecule has 20 heavy (non-hydrogen) atoms. The summed E-state index contributed by atoms with van der Waals surface area (Å²) in [6.45, 7) is 0.290. The quantitative estimate of drug-likeness (QED) is 0.445. The molecule has 0 radical (unpaired) electrons. The van der Waals surface area contributed by atoms with Crippen molar-refractivity contribution in [2.45, 2.75) is 6.54 Å². The zero-order valence-electron chi connectivity index (χ0n) is 10.2. The number of aromatic nitrogens is 2. The normalized spacial score (nSPS) is 10.2. The number of hydrogen-bond donors (Lipinski definition) is 3. The Morgan fingerprint density at radius 3 is 2.80 bits per heavy atom. The van der Waals surface area contributed by atoms with Crippen molar-refractivity contribution < 1.29 is 4.92 Å². The van der Waals surface area contributed by atoms with E-state index >= 15 is 0 Å². The molecule has 0 saturated heterocycles. The highest BCUT2D eigenvalue weighted by Gasteiger charge is 2.10. The molecule has 8 nitrogen and oxygen atoms in total. The van der Waals surface area contributed by atoms with Crippen molar-refractivity contribution in [2.75, 3.05) is 16.8 Å². The topological polar surface area (TPSA) is 133 Å². The van der Waals surface area contributed by atoms with Crippen LogP contribution in [-0.4, -0.2) is 14.9 Å². The smallest absolute Gasteiger partial charge is 0.269 e. The second-order valence-electron chi connectivity index (χ2n) is 3.92. The molecule has 1 aromatic heterocycles. The first kappa shape index (κ1) is 13.8. The highest BCUT2D eigenvalue weighted by molar-refractivity contribution is 6.32. The number of non-ortho nitro benzene ring substituents is 1. The molecule has 2 aromatic rings. The Morgan fingerprint density at radius 1 is 1.35 bits per heavy atom. The summed E-state index contributed by atoms with van der Waals surface area (Å²) in [6.07, 6.45) is 0. The van der Waals surface area contributed by atoms with E-state index in [1.54, 1.807) is 12.1 Å². The third kappa shape index (κ3) is 3.04. The Labute approximate surface area is 118 Å². The number of rotatable bonds is 4. The molecule has 9 heteroatoms. The first-order valence-electron chi connectivity index (χ1n) is 5.53. The molecule has 104 valence electrons. The largest absolute Gasteiger partial charge is 0.393 e. The van der Waals surface area contributed by atoms with Crippen molar-refractivity contribution in [3.05, 3.63) is 45.1 Å². The number of nitrogens with one attached hydrogen (secondary N) is 1. The highest BCUT2D eigenvalue weighted by Crippen LogP contribution is 2.25. The summed E-state index contributed by atoms with van der Waals surface area (Å²) in [5.74, 6) is 0.278. The number of nitrogen functional groups attached to an aromatic ring is 2. The molecule has 0 saturated carbocycles. The molecule has 0 fully saturated rings. The first-order chi connectivity index (χ1) is 9.47. The van der Waals surface area contributed by atoms with Crippen molar-refractivity contribution in [1.82, 2.24) is 9.97 Å². The lowest BCUT2D eigenvalue weighted by atomic mass is 10.2. The molecule has 0 amide bonds. The molecule has 2 rings (SSSR count). The summed E-state index contributed by atoms with van der Waals surface area (Å²) < 4.78 is 0. The van der Waals surface area contributed by atoms with Gasteiger partial charge in [0.2, 0.25) is 5.95 Å². The van der Waals surface area contributed by atoms with Gasteiger partial charge in [-0.3, -0.25) is 10.1 Å². The molecular formula is C11H11ClN6O2. The van der Waals surface area contributed by atoms with Gasteiger partial charge in [-0.25, -0.2) is 0 Å². The van der Waals surface area contributed by atoms with Crippen LogP contribution in [0, 0.1) is 10.1 Å². The van der Waals surface area contributed by atoms with E-state index in [1.165, 1.54) is 12.1 Å². The van der Waals surface area contributed by atoms with Crippen LogP contribution in [0.15, 0.2) is 24.3 Å². The molecule has 0 aliphatic rings. The van der Waals surface area contributed by atoms with Crippen molar-refractivity contribution in [1.29, 1.82) is 0 Å². The van der Waals surface area contributed by atoms with Crippen molar-refractivity contribution in [3.63, 3.8) is 0 Å². The maximum absolute atomic E-state index is 10.7. The third-order valence-electron chi connectivity index (χ3n) is 2.50. The summed E-state index contributed by atoms with van der Waals surface area (Å²) in [7, 11) is 0. The molecule has 5 N–H and O–H groups in total. The molecule has 0 atom stereocenters. The Bertz CT molecular complexity index is 663. The molecule has 0 unspecified atom stereocenters. The standard InChI is InChI=1S/C11H11ClN6O2/c12-9-8(13)10(17-11(14)16-9)15-5-6-2-1-3-7(4-6)18(19)20/h1-4H,5,13H2,(H3,14,15,16,17). The predicted molar refractivity (Wildman–Crippen MR) is 76.3 cm³/mol. The van der Waals surface area contributed by atoms with Gasteiger partial charge < -0.3 is 16.8 Å². The van der Waals surface area contributed by atoms with Crippen molar-refractivity contribution in [3.8, 4) is 0 Å². The van der Waals surface area contributed by atoms with Gasteiger partial charge in [-0.1, -0.05) is 23.7 Å². The molecule has 1 heterocycles. The molecule has 0 spiro atoms. The fourth-order valence-corrected chi connectivity index (χ4v) is 1.73. The van der Waals surface area contributed by atoms with Gasteiger partial charge in [0.05, 0.1) is 4.92 Å². The molecule has 0 aliphatic heterocycles. The molecule has 0 bridgehead atoms.